The van der Waals surface area contributed by atoms with Crippen LogP contribution in [-0.2, 0) is 0 Å². The zero-order valence-corrected chi connectivity index (χ0v) is 9.43. The molecular formula is C7H5Cl3OSi. The topological polar surface area (TPSA) is 20.2 Å². The van der Waals surface area contributed by atoms with E-state index < -0.39 is 0 Å². The molecule has 0 aromatic heterocycles. The van der Waals surface area contributed by atoms with Gasteiger partial charge in [-0.25, -0.2) is 0 Å². The molecule has 12 heavy (non-hydrogen) atoms. The number of aryl methyl sites for hydroxylation is 1. The predicted molar refractivity (Wildman–Crippen MR) is 53.8 cm³/mol. The van der Waals surface area contributed by atoms with E-state index in [1.807, 2.05) is 6.92 Å². The molecule has 0 aliphatic carbocycles. The third kappa shape index (κ3) is 1.78. The molecule has 0 saturated heterocycles. The van der Waals surface area contributed by atoms with Gasteiger partial charge in [0.25, 0.3) is 9.76 Å². The Morgan fingerprint density at radius 2 is 1.75 bits per heavy atom. The Morgan fingerprint density at radius 1 is 1.17 bits per heavy atom. The maximum atomic E-state index is 8.90. The van der Waals surface area contributed by atoms with Crippen LogP contribution in [0.15, 0.2) is 6.07 Å². The van der Waals surface area contributed by atoms with Crippen LogP contribution in [0.25, 0.3) is 0 Å². The minimum atomic E-state index is -0.357. The van der Waals surface area contributed by atoms with Gasteiger partial charge in [0, 0.05) is 0 Å². The lowest BCUT2D eigenvalue weighted by Crippen LogP contribution is -2.15. The van der Waals surface area contributed by atoms with Gasteiger partial charge < -0.3 is 4.80 Å². The first-order valence-electron chi connectivity index (χ1n) is 3.12. The molecule has 0 saturated carbocycles. The van der Waals surface area contributed by atoms with Crippen molar-refractivity contribution in [2.75, 3.05) is 0 Å². The third-order valence-electron chi connectivity index (χ3n) is 1.45. The molecule has 1 aromatic carbocycles. The van der Waals surface area contributed by atoms with Gasteiger partial charge >= 0.3 is 0 Å². The van der Waals surface area contributed by atoms with E-state index in [-0.39, 0.29) is 9.76 Å². The van der Waals surface area contributed by atoms with Gasteiger partial charge in [0.15, 0.2) is 0 Å². The average Bonchev–Trinajstić information content (AvgIpc) is 2.08. The van der Waals surface area contributed by atoms with Crippen molar-refractivity contribution in [1.29, 1.82) is 0 Å². The van der Waals surface area contributed by atoms with E-state index in [1.54, 1.807) is 6.07 Å². The molecule has 1 rings (SSSR count). The summed E-state index contributed by atoms with van der Waals surface area (Å²) in [5, 5.41) is 1.73. The van der Waals surface area contributed by atoms with Crippen molar-refractivity contribution in [3.8, 4) is 0 Å². The van der Waals surface area contributed by atoms with Crippen LogP contribution in [0.5, 0.6) is 0 Å². The Kier molecular flexibility index (Phi) is 3.44. The summed E-state index contributed by atoms with van der Waals surface area (Å²) in [6.45, 7) is 1.81. The molecule has 0 spiro atoms. The number of rotatable bonds is 1. The summed E-state index contributed by atoms with van der Waals surface area (Å²) < 4.78 is 0. The van der Waals surface area contributed by atoms with Gasteiger partial charge in [-0.1, -0.05) is 40.9 Å². The van der Waals surface area contributed by atoms with Crippen molar-refractivity contribution in [3.05, 3.63) is 26.7 Å². The van der Waals surface area contributed by atoms with Crippen molar-refractivity contribution in [3.63, 3.8) is 0 Å². The molecular weight excluding hydrogens is 235 g/mol. The highest BCUT2D eigenvalue weighted by Crippen LogP contribution is 2.30. The molecule has 2 radical (unpaired) electrons. The molecule has 0 aliphatic heterocycles. The number of hydrogen-bond acceptors (Lipinski definition) is 1. The summed E-state index contributed by atoms with van der Waals surface area (Å²) in [4.78, 5) is 8.90. The van der Waals surface area contributed by atoms with Crippen LogP contribution in [0.2, 0.25) is 15.1 Å². The Labute approximate surface area is 88.2 Å². The summed E-state index contributed by atoms with van der Waals surface area (Å²) in [6, 6.07) is 1.73. The summed E-state index contributed by atoms with van der Waals surface area (Å²) in [7, 11) is -0.357. The van der Waals surface area contributed by atoms with E-state index >= 15 is 0 Å². The quantitative estimate of drug-likeness (QED) is 0.588. The average molecular weight is 240 g/mol. The number of halogens is 3. The summed E-state index contributed by atoms with van der Waals surface area (Å²) in [5.74, 6) is 0. The van der Waals surface area contributed by atoms with Crippen molar-refractivity contribution in [2.45, 2.75) is 6.92 Å². The molecule has 1 aromatic rings. The smallest absolute Gasteiger partial charge is 0.267 e. The van der Waals surface area contributed by atoms with Crippen LogP contribution >= 0.6 is 34.8 Å². The molecule has 1 N–H and O–H groups in total. The minimum Gasteiger partial charge on any atom is -0.428 e. The maximum absolute atomic E-state index is 8.90. The van der Waals surface area contributed by atoms with Crippen LogP contribution in [-0.4, -0.2) is 14.6 Å². The molecule has 0 heterocycles. The lowest BCUT2D eigenvalue weighted by atomic mass is 10.2. The van der Waals surface area contributed by atoms with Crippen molar-refractivity contribution in [2.24, 2.45) is 0 Å². The van der Waals surface area contributed by atoms with Crippen molar-refractivity contribution < 1.29 is 4.80 Å². The fourth-order valence-electron chi connectivity index (χ4n) is 0.812. The first kappa shape index (κ1) is 10.3. The highest BCUT2D eigenvalue weighted by Gasteiger charge is 2.11. The number of hydrogen-bond donors (Lipinski definition) is 1. The van der Waals surface area contributed by atoms with Crippen LogP contribution < -0.4 is 5.19 Å². The standard InChI is InChI=1S/C7H5Cl3OSi/c1-3-2-4(12-11)6(9)7(10)5(3)8/h2,11H,1H3. The monoisotopic (exact) mass is 238 g/mol. The summed E-state index contributed by atoms with van der Waals surface area (Å²) >= 11 is 17.4. The molecule has 0 aliphatic rings. The van der Waals surface area contributed by atoms with E-state index in [0.717, 1.165) is 5.56 Å². The largest absolute Gasteiger partial charge is 0.428 e. The molecule has 0 bridgehead atoms. The van der Waals surface area contributed by atoms with Gasteiger partial charge in [-0.3, -0.25) is 0 Å². The van der Waals surface area contributed by atoms with Crippen LogP contribution in [0.1, 0.15) is 5.56 Å². The van der Waals surface area contributed by atoms with Crippen LogP contribution in [0.4, 0.5) is 0 Å². The third-order valence-corrected chi connectivity index (χ3v) is 3.69. The van der Waals surface area contributed by atoms with Gasteiger partial charge in [-0.2, -0.15) is 0 Å². The van der Waals surface area contributed by atoms with E-state index in [2.05, 4.69) is 0 Å². The number of benzene rings is 1. The first-order chi connectivity index (χ1) is 5.57. The van der Waals surface area contributed by atoms with Crippen molar-refractivity contribution >= 4 is 49.8 Å². The Balaban J connectivity index is 3.39. The lowest BCUT2D eigenvalue weighted by molar-refractivity contribution is 0.615. The first-order valence-corrected chi connectivity index (χ1v) is 5.20. The highest BCUT2D eigenvalue weighted by atomic mass is 35.5. The van der Waals surface area contributed by atoms with Crippen molar-refractivity contribution in [1.82, 2.24) is 0 Å². The molecule has 0 fully saturated rings. The Bertz CT molecular complexity index is 314. The molecule has 0 amide bonds. The van der Waals surface area contributed by atoms with E-state index in [1.165, 1.54) is 0 Å². The zero-order chi connectivity index (χ0) is 9.30. The zero-order valence-electron chi connectivity index (χ0n) is 6.16. The summed E-state index contributed by atoms with van der Waals surface area (Å²) in [6.07, 6.45) is 0. The molecule has 64 valence electrons. The van der Waals surface area contributed by atoms with E-state index in [4.69, 9.17) is 39.6 Å². The molecule has 0 atom stereocenters. The normalized spacial score (nSPS) is 10.4. The van der Waals surface area contributed by atoms with E-state index in [0.29, 0.717) is 20.3 Å². The van der Waals surface area contributed by atoms with Gasteiger partial charge in [0.2, 0.25) is 0 Å². The van der Waals surface area contributed by atoms with Gasteiger partial charge in [0.1, 0.15) is 0 Å². The Hall–Kier alpha value is 0.267. The highest BCUT2D eigenvalue weighted by molar-refractivity contribution is 6.57. The molecule has 1 nitrogen and oxygen atoms in total. The second-order valence-electron chi connectivity index (χ2n) is 2.29. The second-order valence-corrected chi connectivity index (χ2v) is 4.19. The van der Waals surface area contributed by atoms with Gasteiger partial charge in [0.05, 0.1) is 15.1 Å². The lowest BCUT2D eigenvalue weighted by Gasteiger charge is -2.06. The predicted octanol–water partition coefficient (Wildman–Crippen LogP) is 2.19. The maximum Gasteiger partial charge on any atom is 0.267 e. The van der Waals surface area contributed by atoms with Gasteiger partial charge in [-0.05, 0) is 17.7 Å². The fraction of sp³-hybridized carbons (Fsp3) is 0.143. The summed E-state index contributed by atoms with van der Waals surface area (Å²) in [5.41, 5.74) is 0.822. The SMILES string of the molecule is Cc1cc([Si]O)c(Cl)c(Cl)c1Cl. The Morgan fingerprint density at radius 3 is 2.25 bits per heavy atom. The van der Waals surface area contributed by atoms with Crippen LogP contribution in [0.3, 0.4) is 0 Å². The molecule has 5 heteroatoms. The van der Waals surface area contributed by atoms with E-state index in [9.17, 15) is 0 Å². The molecule has 0 unspecified atom stereocenters. The minimum absolute atomic E-state index is 0.315. The fourth-order valence-corrected chi connectivity index (χ4v) is 2.12. The van der Waals surface area contributed by atoms with Crippen LogP contribution in [0, 0.1) is 6.92 Å². The second kappa shape index (κ2) is 3.98. The van der Waals surface area contributed by atoms with Gasteiger partial charge in [-0.15, -0.1) is 0 Å².